The number of amides is 2. The number of carbonyl (C=O) groups excluding carboxylic acids is 1. The van der Waals surface area contributed by atoms with Crippen LogP contribution >= 0.6 is 0 Å². The Kier molecular flexibility index (Phi) is 5.86. The van der Waals surface area contributed by atoms with Gasteiger partial charge in [-0.2, -0.15) is 0 Å². The van der Waals surface area contributed by atoms with Crippen molar-refractivity contribution in [3.05, 3.63) is 36.0 Å². The van der Waals surface area contributed by atoms with Gasteiger partial charge in [0.1, 0.15) is 11.9 Å². The summed E-state index contributed by atoms with van der Waals surface area (Å²) in [7, 11) is 5.73. The minimum absolute atomic E-state index is 0.200. The van der Waals surface area contributed by atoms with Gasteiger partial charge in [-0.15, -0.1) is 0 Å². The first-order valence-electron chi connectivity index (χ1n) is 7.82. The zero-order chi connectivity index (χ0) is 17.7. The molecule has 2 rings (SSSR count). The number of rotatable bonds is 7. The Hall–Kier alpha value is -2.48. The molecular weight excluding hydrogens is 310 g/mol. The van der Waals surface area contributed by atoms with Crippen molar-refractivity contribution in [2.45, 2.75) is 32.0 Å². The summed E-state index contributed by atoms with van der Waals surface area (Å²) in [5.74, 6) is 1.32. The number of aliphatic hydroxyl groups is 1. The van der Waals surface area contributed by atoms with Crippen LogP contribution in [0.5, 0.6) is 0 Å². The summed E-state index contributed by atoms with van der Waals surface area (Å²) >= 11 is 0. The summed E-state index contributed by atoms with van der Waals surface area (Å²) in [6, 6.07) is 2.94. The van der Waals surface area contributed by atoms with Crippen molar-refractivity contribution >= 4 is 12.0 Å². The number of aliphatic hydroxyl groups excluding tert-OH is 1. The SMILES string of the molecule is C[C@@H](C[C@H](O)c1ccco1)NC(=O)NCc1cnc(N(C)C)n1C. The third kappa shape index (κ3) is 4.51. The Bertz CT molecular complexity index is 651. The van der Waals surface area contributed by atoms with Gasteiger partial charge >= 0.3 is 6.03 Å². The zero-order valence-electron chi connectivity index (χ0n) is 14.5. The molecule has 0 aromatic carbocycles. The number of aromatic nitrogens is 2. The summed E-state index contributed by atoms with van der Waals surface area (Å²) in [4.78, 5) is 18.2. The molecule has 0 aliphatic heterocycles. The number of furan rings is 1. The van der Waals surface area contributed by atoms with Gasteiger partial charge in [0.25, 0.3) is 0 Å². The van der Waals surface area contributed by atoms with E-state index in [0.29, 0.717) is 18.7 Å². The second-order valence-electron chi connectivity index (χ2n) is 6.00. The number of imidazole rings is 1. The molecule has 0 bridgehead atoms. The number of nitrogens with one attached hydrogen (secondary N) is 2. The number of hydrogen-bond acceptors (Lipinski definition) is 5. The molecule has 24 heavy (non-hydrogen) atoms. The second kappa shape index (κ2) is 7.87. The van der Waals surface area contributed by atoms with Gasteiger partial charge in [0.15, 0.2) is 0 Å². The van der Waals surface area contributed by atoms with Crippen molar-refractivity contribution in [1.29, 1.82) is 0 Å². The van der Waals surface area contributed by atoms with Gasteiger partial charge < -0.3 is 29.6 Å². The molecule has 3 N–H and O–H groups in total. The Balaban J connectivity index is 1.78. The molecule has 132 valence electrons. The zero-order valence-corrected chi connectivity index (χ0v) is 14.5. The molecule has 0 aliphatic rings. The van der Waals surface area contributed by atoms with Crippen molar-refractivity contribution in [3.63, 3.8) is 0 Å². The average Bonchev–Trinajstić information content (AvgIpc) is 3.14. The van der Waals surface area contributed by atoms with E-state index in [0.717, 1.165) is 11.6 Å². The van der Waals surface area contributed by atoms with E-state index in [-0.39, 0.29) is 12.1 Å². The van der Waals surface area contributed by atoms with Crippen LogP contribution in [-0.4, -0.2) is 40.8 Å². The Morgan fingerprint density at radius 2 is 2.25 bits per heavy atom. The highest BCUT2D eigenvalue weighted by Crippen LogP contribution is 2.18. The summed E-state index contributed by atoms with van der Waals surface area (Å²) in [5, 5.41) is 15.6. The van der Waals surface area contributed by atoms with Crippen LogP contribution in [0.25, 0.3) is 0 Å². The number of nitrogens with zero attached hydrogens (tertiary/aromatic N) is 3. The van der Waals surface area contributed by atoms with Crippen molar-refractivity contribution in [2.24, 2.45) is 7.05 Å². The van der Waals surface area contributed by atoms with E-state index < -0.39 is 6.10 Å². The third-order valence-corrected chi connectivity index (χ3v) is 3.72. The van der Waals surface area contributed by atoms with Gasteiger partial charge in [-0.05, 0) is 19.1 Å². The lowest BCUT2D eigenvalue weighted by molar-refractivity contribution is 0.129. The standard InChI is InChI=1S/C16H25N5O3/c1-11(8-13(22)14-6-5-7-24-14)19-15(23)17-9-12-10-18-16(20(2)3)21(12)4/h5-7,10-11,13,22H,8-9H2,1-4H3,(H2,17,19,23)/t11-,13-/m0/s1. The van der Waals surface area contributed by atoms with E-state index >= 15 is 0 Å². The average molecular weight is 335 g/mol. The molecule has 8 nitrogen and oxygen atoms in total. The summed E-state index contributed by atoms with van der Waals surface area (Å²) in [5.41, 5.74) is 0.900. The topological polar surface area (TPSA) is 95.6 Å². The first-order chi connectivity index (χ1) is 11.4. The highest BCUT2D eigenvalue weighted by Gasteiger charge is 2.16. The lowest BCUT2D eigenvalue weighted by Crippen LogP contribution is -2.41. The van der Waals surface area contributed by atoms with Crippen LogP contribution in [0, 0.1) is 0 Å². The fourth-order valence-electron chi connectivity index (χ4n) is 2.45. The molecular formula is C16H25N5O3. The van der Waals surface area contributed by atoms with E-state index in [4.69, 9.17) is 4.42 Å². The number of urea groups is 1. The third-order valence-electron chi connectivity index (χ3n) is 3.72. The van der Waals surface area contributed by atoms with Gasteiger partial charge in [0.2, 0.25) is 5.95 Å². The fraction of sp³-hybridized carbons (Fsp3) is 0.500. The van der Waals surface area contributed by atoms with E-state index in [1.807, 2.05) is 37.5 Å². The molecule has 2 amide bonds. The number of carbonyl (C=O) groups is 1. The molecule has 2 aromatic rings. The van der Waals surface area contributed by atoms with Crippen molar-refractivity contribution in [2.75, 3.05) is 19.0 Å². The fourth-order valence-corrected chi connectivity index (χ4v) is 2.45. The molecule has 0 aliphatic carbocycles. The first-order valence-corrected chi connectivity index (χ1v) is 7.82. The van der Waals surface area contributed by atoms with Crippen LogP contribution in [0.1, 0.15) is 30.9 Å². The maximum absolute atomic E-state index is 12.0. The maximum atomic E-state index is 12.0. The summed E-state index contributed by atoms with van der Waals surface area (Å²) in [6.07, 6.45) is 2.88. The van der Waals surface area contributed by atoms with Crippen LogP contribution in [0.3, 0.4) is 0 Å². The van der Waals surface area contributed by atoms with Crippen LogP contribution < -0.4 is 15.5 Å². The quantitative estimate of drug-likeness (QED) is 0.711. The van der Waals surface area contributed by atoms with Crippen molar-refractivity contribution in [1.82, 2.24) is 20.2 Å². The molecule has 8 heteroatoms. The predicted molar refractivity (Wildman–Crippen MR) is 90.7 cm³/mol. The lowest BCUT2D eigenvalue weighted by atomic mass is 10.1. The molecule has 0 unspecified atom stereocenters. The van der Waals surface area contributed by atoms with Gasteiger partial charge in [-0.25, -0.2) is 9.78 Å². The minimum atomic E-state index is -0.741. The summed E-state index contributed by atoms with van der Waals surface area (Å²) in [6.45, 7) is 2.20. The molecule has 2 atom stereocenters. The van der Waals surface area contributed by atoms with Gasteiger partial charge in [-0.1, -0.05) is 0 Å². The maximum Gasteiger partial charge on any atom is 0.315 e. The van der Waals surface area contributed by atoms with Crippen LogP contribution in [0.4, 0.5) is 10.7 Å². The Morgan fingerprint density at radius 3 is 2.83 bits per heavy atom. The molecule has 0 saturated carbocycles. The molecule has 0 radical (unpaired) electrons. The van der Waals surface area contributed by atoms with Crippen LogP contribution in [0.2, 0.25) is 0 Å². The molecule has 2 aromatic heterocycles. The van der Waals surface area contributed by atoms with Gasteiger partial charge in [-0.3, -0.25) is 0 Å². The molecule has 0 saturated heterocycles. The normalized spacial score (nSPS) is 13.4. The van der Waals surface area contributed by atoms with Gasteiger partial charge in [0.05, 0.1) is 24.7 Å². The second-order valence-corrected chi connectivity index (χ2v) is 6.00. The van der Waals surface area contributed by atoms with E-state index in [1.165, 1.54) is 6.26 Å². The minimum Gasteiger partial charge on any atom is -0.467 e. The molecule has 2 heterocycles. The van der Waals surface area contributed by atoms with Crippen molar-refractivity contribution in [3.8, 4) is 0 Å². The summed E-state index contributed by atoms with van der Waals surface area (Å²) < 4.78 is 7.07. The Morgan fingerprint density at radius 1 is 1.50 bits per heavy atom. The monoisotopic (exact) mass is 335 g/mol. The van der Waals surface area contributed by atoms with E-state index in [9.17, 15) is 9.90 Å². The van der Waals surface area contributed by atoms with E-state index in [1.54, 1.807) is 18.3 Å². The van der Waals surface area contributed by atoms with E-state index in [2.05, 4.69) is 15.6 Å². The van der Waals surface area contributed by atoms with Crippen LogP contribution in [-0.2, 0) is 13.6 Å². The van der Waals surface area contributed by atoms with Gasteiger partial charge in [0, 0.05) is 33.6 Å². The predicted octanol–water partition coefficient (Wildman–Crippen LogP) is 1.39. The van der Waals surface area contributed by atoms with Crippen LogP contribution in [0.15, 0.2) is 29.0 Å². The number of hydrogen-bond donors (Lipinski definition) is 3. The highest BCUT2D eigenvalue weighted by atomic mass is 16.4. The molecule has 0 spiro atoms. The van der Waals surface area contributed by atoms with Crippen molar-refractivity contribution < 1.29 is 14.3 Å². The number of anilines is 1. The smallest absolute Gasteiger partial charge is 0.315 e. The highest BCUT2D eigenvalue weighted by molar-refractivity contribution is 5.74. The Labute approximate surface area is 141 Å². The first kappa shape index (κ1) is 17.9. The molecule has 0 fully saturated rings. The largest absolute Gasteiger partial charge is 0.467 e. The lowest BCUT2D eigenvalue weighted by Gasteiger charge is -2.17.